The van der Waals surface area contributed by atoms with Crippen LogP contribution in [0.5, 0.6) is 5.88 Å². The number of alkyl halides is 8. The van der Waals surface area contributed by atoms with E-state index in [9.17, 15) is 49.2 Å². The van der Waals surface area contributed by atoms with Crippen LogP contribution in [0.1, 0.15) is 28.8 Å². The minimum atomic E-state index is -6.80. The van der Waals surface area contributed by atoms with Crippen LogP contribution in [0, 0.1) is 11.3 Å². The second kappa shape index (κ2) is 9.77. The van der Waals surface area contributed by atoms with E-state index in [2.05, 4.69) is 31.3 Å². The summed E-state index contributed by atoms with van der Waals surface area (Å²) in [7, 11) is -5.96. The molecule has 1 amide bonds. The highest BCUT2D eigenvalue weighted by Gasteiger charge is 2.67. The summed E-state index contributed by atoms with van der Waals surface area (Å²) in [5.74, 6) is -3.73. The summed E-state index contributed by atoms with van der Waals surface area (Å²) in [4.78, 5) is 12.7. The van der Waals surface area contributed by atoms with Gasteiger partial charge in [-0.05, 0) is 42.1 Å². The van der Waals surface area contributed by atoms with Crippen molar-refractivity contribution in [3.05, 3.63) is 46.7 Å². The van der Waals surface area contributed by atoms with Crippen LogP contribution in [0.4, 0.5) is 30.7 Å². The number of nitrogens with zero attached hydrogens (tertiary/aromatic N) is 5. The van der Waals surface area contributed by atoms with Crippen LogP contribution < -0.4 is 9.50 Å². The van der Waals surface area contributed by atoms with Gasteiger partial charge in [0.25, 0.3) is 11.8 Å². The van der Waals surface area contributed by atoms with Gasteiger partial charge in [0.1, 0.15) is 5.54 Å². The molecular weight excluding hydrogens is 636 g/mol. The Morgan fingerprint density at radius 1 is 1.17 bits per heavy atom. The number of rotatable bonds is 8. The van der Waals surface area contributed by atoms with Gasteiger partial charge in [-0.15, -0.1) is 5.10 Å². The lowest BCUT2D eigenvalue weighted by atomic mass is 10.1. The van der Waals surface area contributed by atoms with Gasteiger partial charge in [-0.25, -0.2) is 9.36 Å². The smallest absolute Gasteiger partial charge is 0.355 e. The predicted octanol–water partition coefficient (Wildman–Crippen LogP) is 4.86. The molecule has 0 radical (unpaired) electrons. The first-order chi connectivity index (χ1) is 18.7. The van der Waals surface area contributed by atoms with Gasteiger partial charge >= 0.3 is 26.9 Å². The van der Waals surface area contributed by atoms with E-state index >= 15 is 0 Å². The van der Waals surface area contributed by atoms with Crippen molar-refractivity contribution in [3.8, 4) is 28.9 Å². The van der Waals surface area contributed by atoms with Crippen molar-refractivity contribution in [2.24, 2.45) is 7.05 Å². The van der Waals surface area contributed by atoms with Gasteiger partial charge < -0.3 is 9.50 Å². The number of benzene rings is 1. The topological polar surface area (TPSA) is 132 Å². The molecule has 1 N–H and O–H groups in total. The van der Waals surface area contributed by atoms with E-state index in [-0.39, 0.29) is 21.7 Å². The van der Waals surface area contributed by atoms with Crippen molar-refractivity contribution >= 4 is 39.2 Å². The third-order valence-corrected chi connectivity index (χ3v) is 7.70. The maximum Gasteiger partial charge on any atom is 0.458 e. The predicted molar refractivity (Wildman–Crippen MR) is 126 cm³/mol. The summed E-state index contributed by atoms with van der Waals surface area (Å²) < 4.78 is 124. The average molecular weight is 649 g/mol. The first-order valence-electron chi connectivity index (χ1n) is 10.8. The fourth-order valence-electron chi connectivity index (χ4n) is 3.50. The molecule has 4 rings (SSSR count). The van der Waals surface area contributed by atoms with Crippen LogP contribution in [0.2, 0.25) is 5.02 Å². The zero-order valence-corrected chi connectivity index (χ0v) is 22.3. The molecule has 0 spiro atoms. The number of amides is 1. The van der Waals surface area contributed by atoms with E-state index in [0.717, 1.165) is 19.4 Å². The zero-order chi connectivity index (χ0) is 30.8. The van der Waals surface area contributed by atoms with Crippen molar-refractivity contribution in [3.63, 3.8) is 0 Å². The minimum Gasteiger partial charge on any atom is -0.355 e. The fourth-order valence-corrected chi connectivity index (χ4v) is 4.70. The Bertz CT molecular complexity index is 1690. The van der Waals surface area contributed by atoms with Crippen LogP contribution in [-0.2, 0) is 23.3 Å². The first-order valence-corrected chi connectivity index (χ1v) is 13.0. The number of halogens is 9. The van der Waals surface area contributed by atoms with E-state index < -0.39 is 55.6 Å². The molecule has 220 valence electrons. The number of hydrogen-bond donors (Lipinski definition) is 1. The van der Waals surface area contributed by atoms with E-state index in [1.165, 1.54) is 18.2 Å². The van der Waals surface area contributed by atoms with Gasteiger partial charge in [0.2, 0.25) is 0 Å². The number of aromatic nitrogens is 4. The molecule has 2 heterocycles. The highest BCUT2D eigenvalue weighted by atomic mass is 35.5. The van der Waals surface area contributed by atoms with Crippen LogP contribution in [0.25, 0.3) is 16.9 Å². The average Bonchev–Trinajstić information content (AvgIpc) is 3.29. The lowest BCUT2D eigenvalue weighted by molar-refractivity contribution is -0.138. The molecule has 1 fully saturated rings. The van der Waals surface area contributed by atoms with Crippen molar-refractivity contribution < 1.29 is 48.1 Å². The monoisotopic (exact) mass is 648 g/mol. The quantitative estimate of drug-likeness (QED) is 0.210. The minimum absolute atomic E-state index is 0.000647. The third-order valence-electron chi connectivity index (χ3n) is 5.76. The van der Waals surface area contributed by atoms with E-state index in [0.29, 0.717) is 22.2 Å². The SMILES string of the molecule is Cn1nc(OS(=O)(=O)C(F)(F)C(F)(F)Cl)c(C(F)(F)F)c1-n1cc(-c2ccc(Cl)c(C(=O)NC3(C#N)CC3)c2)cn1. The first kappa shape index (κ1) is 30.4. The molecule has 20 heteroatoms. The molecule has 41 heavy (non-hydrogen) atoms. The third kappa shape index (κ3) is 5.53. The Labute approximate surface area is 235 Å². The number of nitriles is 1. The molecule has 10 nitrogen and oxygen atoms in total. The van der Waals surface area contributed by atoms with Crippen LogP contribution in [-0.4, -0.2) is 50.1 Å². The molecule has 3 aromatic rings. The highest BCUT2D eigenvalue weighted by Crippen LogP contribution is 2.45. The van der Waals surface area contributed by atoms with E-state index in [1.807, 2.05) is 6.07 Å². The second-order valence-corrected chi connectivity index (χ2v) is 11.2. The standard InChI is InChI=1S/C21H13Cl2F7N6O4S/c1-35-17(14(19(24,25)26)16(34-35)40-41(38,39)21(29,30)20(23,27)28)36-8-11(7-32-36)10-2-3-13(22)12(6-10)15(37)33-18(9-31)4-5-18/h2-3,6-8H,4-5H2,1H3,(H,33,37). The number of carbonyl (C=O) groups is 1. The summed E-state index contributed by atoms with van der Waals surface area (Å²) in [6, 6.07) is 5.95. The Hall–Kier alpha value is -3.56. The molecule has 0 aliphatic heterocycles. The van der Waals surface area contributed by atoms with Crippen LogP contribution in [0.15, 0.2) is 30.6 Å². The molecule has 0 bridgehead atoms. The Morgan fingerprint density at radius 3 is 2.34 bits per heavy atom. The highest BCUT2D eigenvalue weighted by molar-refractivity contribution is 7.88. The number of aryl methyl sites for hydroxylation is 1. The van der Waals surface area contributed by atoms with Gasteiger partial charge in [-0.1, -0.05) is 17.7 Å². The molecule has 1 aromatic carbocycles. The zero-order valence-electron chi connectivity index (χ0n) is 20.0. The Kier molecular flexibility index (Phi) is 7.24. The summed E-state index contributed by atoms with van der Waals surface area (Å²) in [6.07, 6.45) is -2.64. The molecule has 0 saturated heterocycles. The Balaban J connectivity index is 1.74. The van der Waals surface area contributed by atoms with Gasteiger partial charge in [0.05, 0.1) is 22.9 Å². The molecular formula is C21H13Cl2F7N6O4S. The van der Waals surface area contributed by atoms with E-state index in [1.54, 1.807) is 0 Å². The summed E-state index contributed by atoms with van der Waals surface area (Å²) in [6.45, 7) is 0. The molecule has 0 atom stereocenters. The molecule has 1 aliphatic rings. The van der Waals surface area contributed by atoms with Crippen molar-refractivity contribution in [1.82, 2.24) is 24.9 Å². The number of hydrogen-bond acceptors (Lipinski definition) is 7. The normalized spacial score (nSPS) is 15.3. The number of nitrogens with one attached hydrogen (secondary N) is 1. The fraction of sp³-hybridized carbons (Fsp3) is 0.333. The molecule has 1 aliphatic carbocycles. The summed E-state index contributed by atoms with van der Waals surface area (Å²) in [5, 5.41) is 6.76. The molecule has 1 saturated carbocycles. The molecule has 0 unspecified atom stereocenters. The van der Waals surface area contributed by atoms with Gasteiger partial charge in [-0.3, -0.25) is 4.79 Å². The summed E-state index contributed by atoms with van der Waals surface area (Å²) >= 11 is 10.2. The Morgan fingerprint density at radius 2 is 1.80 bits per heavy atom. The number of carbonyl (C=O) groups excluding carboxylic acids is 1. The van der Waals surface area contributed by atoms with Crippen molar-refractivity contribution in [1.29, 1.82) is 5.26 Å². The summed E-state index contributed by atoms with van der Waals surface area (Å²) in [5.41, 5.74) is -2.82. The second-order valence-electron chi connectivity index (χ2n) is 8.69. The lowest BCUT2D eigenvalue weighted by Crippen LogP contribution is -2.45. The van der Waals surface area contributed by atoms with E-state index in [4.69, 9.17) is 11.6 Å². The van der Waals surface area contributed by atoms with Gasteiger partial charge in [0.15, 0.2) is 11.4 Å². The van der Waals surface area contributed by atoms with Gasteiger partial charge in [0, 0.05) is 18.8 Å². The molecule has 2 aromatic heterocycles. The lowest BCUT2D eigenvalue weighted by Gasteiger charge is -2.20. The van der Waals surface area contributed by atoms with Crippen LogP contribution in [0.3, 0.4) is 0 Å². The van der Waals surface area contributed by atoms with Crippen molar-refractivity contribution in [2.75, 3.05) is 0 Å². The van der Waals surface area contributed by atoms with Crippen molar-refractivity contribution in [2.45, 2.75) is 35.2 Å². The van der Waals surface area contributed by atoms with Crippen LogP contribution >= 0.6 is 23.2 Å². The maximum absolute atomic E-state index is 14.0. The maximum atomic E-state index is 14.0. The van der Waals surface area contributed by atoms with Gasteiger partial charge in [-0.2, -0.15) is 49.5 Å². The largest absolute Gasteiger partial charge is 0.458 e.